The summed E-state index contributed by atoms with van der Waals surface area (Å²) in [7, 11) is 0. The van der Waals surface area contributed by atoms with Gasteiger partial charge in [-0.25, -0.2) is 0 Å². The van der Waals surface area contributed by atoms with E-state index in [-0.39, 0.29) is 6.10 Å². The van der Waals surface area contributed by atoms with Crippen LogP contribution >= 0.6 is 0 Å². The fourth-order valence-electron chi connectivity index (χ4n) is 8.83. The Bertz CT molecular complexity index is 538. The largest absolute Gasteiger partial charge is 0.393 e. The quantitative estimate of drug-likeness (QED) is 0.563. The topological polar surface area (TPSA) is 20.2 Å². The first-order valence-corrected chi connectivity index (χ1v) is 10.9. The molecule has 5 fully saturated rings. The Balaban J connectivity index is 1.44. The third-order valence-corrected chi connectivity index (χ3v) is 10.0. The Morgan fingerprint density at radius 2 is 1.75 bits per heavy atom. The summed E-state index contributed by atoms with van der Waals surface area (Å²) < 4.78 is 0. The van der Waals surface area contributed by atoms with Crippen molar-refractivity contribution in [3.63, 3.8) is 0 Å². The first-order valence-electron chi connectivity index (χ1n) is 10.9. The molecule has 0 aliphatic heterocycles. The zero-order valence-corrected chi connectivity index (χ0v) is 15.6. The van der Waals surface area contributed by atoms with Gasteiger partial charge in [0, 0.05) is 0 Å². The van der Waals surface area contributed by atoms with Gasteiger partial charge in [-0.1, -0.05) is 19.1 Å². The van der Waals surface area contributed by atoms with E-state index in [1.807, 2.05) is 0 Å². The number of rotatable bonds is 0. The van der Waals surface area contributed by atoms with E-state index in [4.69, 9.17) is 0 Å². The Kier molecular flexibility index (Phi) is 3.55. The molecule has 0 aromatic rings. The van der Waals surface area contributed by atoms with Crippen LogP contribution in [0.4, 0.5) is 0 Å². The summed E-state index contributed by atoms with van der Waals surface area (Å²) in [6, 6.07) is 0. The molecule has 1 heteroatoms. The molecule has 1 N–H and O–H groups in total. The molecular formula is C23H36O. The van der Waals surface area contributed by atoms with Crippen molar-refractivity contribution in [1.29, 1.82) is 0 Å². The minimum Gasteiger partial charge on any atom is -0.393 e. The SMILES string of the molecule is C=C1CC[C@@]23CC[C@H]4[C@@H](CC[C@H]5C[C@H](O)CC[C@@]54C)[C@@H]2CC[C@@H]3C1. The average Bonchev–Trinajstić information content (AvgIpc) is 2.94. The molecule has 1 spiro atoms. The molecule has 8 atom stereocenters. The van der Waals surface area contributed by atoms with E-state index in [0.717, 1.165) is 42.4 Å². The summed E-state index contributed by atoms with van der Waals surface area (Å²) in [6.45, 7) is 6.96. The molecule has 0 amide bonds. The molecular weight excluding hydrogens is 292 g/mol. The highest BCUT2D eigenvalue weighted by Gasteiger charge is 2.61. The molecule has 0 radical (unpaired) electrons. The Labute approximate surface area is 148 Å². The summed E-state index contributed by atoms with van der Waals surface area (Å²) in [4.78, 5) is 0. The standard InChI is InChI=1S/C23H36O/c1-15-7-11-23-12-9-20-19(21(23)6-4-17(23)13-15)5-3-16-14-18(24)8-10-22(16,20)2/h16-21,24H,1,3-14H2,2H3/t16-,17+,18+,19+,20-,21-,22-,23-/m0/s1. The van der Waals surface area contributed by atoms with Crippen LogP contribution in [0, 0.1) is 40.4 Å². The van der Waals surface area contributed by atoms with E-state index < -0.39 is 0 Å². The smallest absolute Gasteiger partial charge is 0.0543 e. The summed E-state index contributed by atoms with van der Waals surface area (Å²) in [5.74, 6) is 4.78. The lowest BCUT2D eigenvalue weighted by atomic mass is 9.43. The molecule has 5 aliphatic rings. The molecule has 0 aromatic carbocycles. The second-order valence-electron chi connectivity index (χ2n) is 10.6. The molecule has 134 valence electrons. The molecule has 24 heavy (non-hydrogen) atoms. The fraction of sp³-hybridized carbons (Fsp3) is 0.913. The van der Waals surface area contributed by atoms with Crippen LogP contribution in [0.1, 0.15) is 84.0 Å². The predicted octanol–water partition coefficient (Wildman–Crippen LogP) is 5.73. The minimum atomic E-state index is -0.00484. The monoisotopic (exact) mass is 328 g/mol. The maximum absolute atomic E-state index is 10.2. The van der Waals surface area contributed by atoms with Crippen molar-refractivity contribution in [2.45, 2.75) is 90.1 Å². The van der Waals surface area contributed by atoms with Gasteiger partial charge < -0.3 is 5.11 Å². The van der Waals surface area contributed by atoms with Crippen LogP contribution in [0.15, 0.2) is 12.2 Å². The van der Waals surface area contributed by atoms with Crippen molar-refractivity contribution in [3.8, 4) is 0 Å². The van der Waals surface area contributed by atoms with Crippen molar-refractivity contribution in [2.75, 3.05) is 0 Å². The van der Waals surface area contributed by atoms with Crippen LogP contribution in [0.5, 0.6) is 0 Å². The third-order valence-electron chi connectivity index (χ3n) is 10.0. The molecule has 0 unspecified atom stereocenters. The first kappa shape index (κ1) is 15.9. The number of hydrogen-bond acceptors (Lipinski definition) is 1. The van der Waals surface area contributed by atoms with Crippen LogP contribution in [-0.2, 0) is 0 Å². The molecule has 5 aliphatic carbocycles. The van der Waals surface area contributed by atoms with Gasteiger partial charge in [-0.15, -0.1) is 0 Å². The Morgan fingerprint density at radius 1 is 0.917 bits per heavy atom. The molecule has 5 saturated carbocycles. The lowest BCUT2D eigenvalue weighted by Crippen LogP contribution is -2.54. The van der Waals surface area contributed by atoms with Gasteiger partial charge in [0.1, 0.15) is 0 Å². The van der Waals surface area contributed by atoms with Crippen molar-refractivity contribution in [1.82, 2.24) is 0 Å². The van der Waals surface area contributed by atoms with E-state index in [0.29, 0.717) is 10.8 Å². The zero-order chi connectivity index (χ0) is 16.5. The summed E-state index contributed by atoms with van der Waals surface area (Å²) >= 11 is 0. The molecule has 1 nitrogen and oxygen atoms in total. The summed E-state index contributed by atoms with van der Waals surface area (Å²) in [6.07, 6.45) is 16.5. The van der Waals surface area contributed by atoms with Crippen molar-refractivity contribution >= 4 is 0 Å². The Hall–Kier alpha value is -0.300. The highest BCUT2D eigenvalue weighted by Crippen LogP contribution is 2.70. The van der Waals surface area contributed by atoms with Gasteiger partial charge in [0.15, 0.2) is 0 Å². The fourth-order valence-corrected chi connectivity index (χ4v) is 8.83. The number of fused-ring (bicyclic) bond motifs is 4. The maximum atomic E-state index is 10.2. The van der Waals surface area contributed by atoms with Crippen LogP contribution in [-0.4, -0.2) is 11.2 Å². The highest BCUT2D eigenvalue weighted by atomic mass is 16.3. The molecule has 0 saturated heterocycles. The van der Waals surface area contributed by atoms with Crippen LogP contribution in [0.25, 0.3) is 0 Å². The van der Waals surface area contributed by atoms with Crippen molar-refractivity contribution < 1.29 is 5.11 Å². The summed E-state index contributed by atoms with van der Waals surface area (Å²) in [5, 5.41) is 10.2. The van der Waals surface area contributed by atoms with Crippen molar-refractivity contribution in [2.24, 2.45) is 40.4 Å². The second-order valence-corrected chi connectivity index (χ2v) is 10.6. The van der Waals surface area contributed by atoms with Gasteiger partial charge in [0.2, 0.25) is 0 Å². The number of allylic oxidation sites excluding steroid dienone is 1. The Morgan fingerprint density at radius 3 is 2.62 bits per heavy atom. The lowest BCUT2D eigenvalue weighted by molar-refractivity contribution is -0.134. The second kappa shape index (κ2) is 5.35. The molecule has 0 heterocycles. The highest BCUT2D eigenvalue weighted by molar-refractivity contribution is 5.16. The van der Waals surface area contributed by atoms with Crippen LogP contribution in [0.2, 0.25) is 0 Å². The number of aliphatic hydroxyl groups excluding tert-OH is 1. The van der Waals surface area contributed by atoms with Gasteiger partial charge in [-0.2, -0.15) is 0 Å². The van der Waals surface area contributed by atoms with Gasteiger partial charge in [-0.05, 0) is 117 Å². The molecule has 5 rings (SSSR count). The van der Waals surface area contributed by atoms with Crippen molar-refractivity contribution in [3.05, 3.63) is 12.2 Å². The number of hydrogen-bond donors (Lipinski definition) is 1. The van der Waals surface area contributed by atoms with Gasteiger partial charge in [-0.3, -0.25) is 0 Å². The van der Waals surface area contributed by atoms with Crippen LogP contribution < -0.4 is 0 Å². The maximum Gasteiger partial charge on any atom is 0.0543 e. The van der Waals surface area contributed by atoms with E-state index in [1.165, 1.54) is 64.2 Å². The zero-order valence-electron chi connectivity index (χ0n) is 15.6. The van der Waals surface area contributed by atoms with E-state index in [2.05, 4.69) is 13.5 Å². The van der Waals surface area contributed by atoms with Gasteiger partial charge in [0.05, 0.1) is 6.10 Å². The normalized spacial score (nSPS) is 56.8. The molecule has 0 aromatic heterocycles. The van der Waals surface area contributed by atoms with E-state index in [9.17, 15) is 5.11 Å². The van der Waals surface area contributed by atoms with E-state index in [1.54, 1.807) is 5.57 Å². The number of aliphatic hydroxyl groups is 1. The molecule has 0 bridgehead atoms. The average molecular weight is 329 g/mol. The lowest BCUT2D eigenvalue weighted by Gasteiger charge is -2.62. The third kappa shape index (κ3) is 2.03. The van der Waals surface area contributed by atoms with Gasteiger partial charge >= 0.3 is 0 Å². The first-order chi connectivity index (χ1) is 11.5. The van der Waals surface area contributed by atoms with Gasteiger partial charge in [0.25, 0.3) is 0 Å². The minimum absolute atomic E-state index is 0.00484. The summed E-state index contributed by atoms with van der Waals surface area (Å²) in [5.41, 5.74) is 2.80. The predicted molar refractivity (Wildman–Crippen MR) is 98.5 cm³/mol. The van der Waals surface area contributed by atoms with Crippen LogP contribution in [0.3, 0.4) is 0 Å². The van der Waals surface area contributed by atoms with E-state index >= 15 is 0 Å².